The minimum absolute atomic E-state index is 0.611. The van der Waals surface area contributed by atoms with Gasteiger partial charge in [-0.15, -0.1) is 0 Å². The Hall–Kier alpha value is -1.14. The van der Waals surface area contributed by atoms with Crippen LogP contribution in [0.5, 0.6) is 0 Å². The molecule has 0 heterocycles. The van der Waals surface area contributed by atoms with Crippen molar-refractivity contribution in [2.24, 2.45) is 0 Å². The van der Waals surface area contributed by atoms with E-state index < -0.39 is 0 Å². The Kier molecular flexibility index (Phi) is 4.76. The molecular formula is C15H15IN2S. The quantitative estimate of drug-likeness (QED) is 0.581. The van der Waals surface area contributed by atoms with E-state index in [9.17, 15) is 0 Å². The summed E-state index contributed by atoms with van der Waals surface area (Å²) in [6, 6.07) is 14.3. The summed E-state index contributed by atoms with van der Waals surface area (Å²) in [5.41, 5.74) is 4.44. The number of thiocarbonyl (C=S) groups is 1. The van der Waals surface area contributed by atoms with Gasteiger partial charge in [0.05, 0.1) is 0 Å². The molecular weight excluding hydrogens is 367 g/mol. The summed E-state index contributed by atoms with van der Waals surface area (Å²) in [5, 5.41) is 7.08. The van der Waals surface area contributed by atoms with Crippen molar-refractivity contribution >= 4 is 51.3 Å². The third kappa shape index (κ3) is 3.91. The number of rotatable bonds is 2. The van der Waals surface area contributed by atoms with Gasteiger partial charge in [-0.05, 0) is 78.0 Å². The molecule has 0 spiro atoms. The highest BCUT2D eigenvalue weighted by molar-refractivity contribution is 14.1. The van der Waals surface area contributed by atoms with Crippen LogP contribution in [0, 0.1) is 17.4 Å². The van der Waals surface area contributed by atoms with Crippen LogP contribution < -0.4 is 10.6 Å². The van der Waals surface area contributed by atoms with Gasteiger partial charge in [0.25, 0.3) is 0 Å². The number of hydrogen-bond donors (Lipinski definition) is 2. The van der Waals surface area contributed by atoms with E-state index in [1.807, 2.05) is 24.3 Å². The predicted octanol–water partition coefficient (Wildman–Crippen LogP) is 4.72. The molecule has 0 radical (unpaired) electrons. The first-order valence-corrected chi connectivity index (χ1v) is 7.45. The highest BCUT2D eigenvalue weighted by Gasteiger charge is 2.04. The topological polar surface area (TPSA) is 24.1 Å². The molecule has 0 atom stereocenters. The van der Waals surface area contributed by atoms with E-state index in [0.717, 1.165) is 11.4 Å². The Morgan fingerprint density at radius 1 is 1.00 bits per heavy atom. The van der Waals surface area contributed by atoms with Crippen molar-refractivity contribution in [2.45, 2.75) is 13.8 Å². The van der Waals surface area contributed by atoms with Gasteiger partial charge in [-0.25, -0.2) is 0 Å². The first-order chi connectivity index (χ1) is 9.06. The lowest BCUT2D eigenvalue weighted by Gasteiger charge is -2.14. The Balaban J connectivity index is 2.10. The van der Waals surface area contributed by atoms with Gasteiger partial charge in [0, 0.05) is 14.9 Å². The normalized spacial score (nSPS) is 10.1. The molecule has 2 N–H and O–H groups in total. The molecule has 2 nitrogen and oxygen atoms in total. The molecule has 0 fully saturated rings. The van der Waals surface area contributed by atoms with Gasteiger partial charge in [-0.1, -0.05) is 24.3 Å². The average molecular weight is 382 g/mol. The molecule has 0 saturated heterocycles. The lowest BCUT2D eigenvalue weighted by Crippen LogP contribution is -2.20. The fourth-order valence-corrected chi connectivity index (χ4v) is 2.62. The number of halogens is 1. The summed E-state index contributed by atoms with van der Waals surface area (Å²) < 4.78 is 1.18. The van der Waals surface area contributed by atoms with Crippen LogP contribution in [-0.4, -0.2) is 5.11 Å². The van der Waals surface area contributed by atoms with Crippen LogP contribution >= 0.6 is 34.8 Å². The monoisotopic (exact) mass is 382 g/mol. The maximum Gasteiger partial charge on any atom is 0.175 e. The van der Waals surface area contributed by atoms with Gasteiger partial charge in [-0.2, -0.15) is 0 Å². The molecule has 4 heteroatoms. The summed E-state index contributed by atoms with van der Waals surface area (Å²) >= 11 is 7.64. The zero-order valence-corrected chi connectivity index (χ0v) is 13.8. The second-order valence-corrected chi connectivity index (χ2v) is 6.01. The minimum Gasteiger partial charge on any atom is -0.332 e. The van der Waals surface area contributed by atoms with E-state index in [1.165, 1.54) is 14.7 Å². The Morgan fingerprint density at radius 3 is 2.26 bits per heavy atom. The molecule has 0 aliphatic heterocycles. The highest BCUT2D eigenvalue weighted by Crippen LogP contribution is 2.20. The molecule has 0 aliphatic carbocycles. The zero-order chi connectivity index (χ0) is 13.8. The Labute approximate surface area is 132 Å². The number of anilines is 2. The molecule has 0 aromatic heterocycles. The summed E-state index contributed by atoms with van der Waals surface area (Å²) in [5.74, 6) is 0. The molecule has 98 valence electrons. The van der Waals surface area contributed by atoms with E-state index in [1.54, 1.807) is 0 Å². The number of benzene rings is 2. The summed E-state index contributed by atoms with van der Waals surface area (Å²) in [7, 11) is 0. The fraction of sp³-hybridized carbons (Fsp3) is 0.133. The van der Waals surface area contributed by atoms with Crippen LogP contribution in [0.1, 0.15) is 11.1 Å². The van der Waals surface area contributed by atoms with Crippen LogP contribution in [0.15, 0.2) is 42.5 Å². The molecule has 0 bridgehead atoms. The maximum absolute atomic E-state index is 5.36. The SMILES string of the molecule is Cc1cccc(C)c1NC(=S)Nc1cccc(I)c1. The molecule has 19 heavy (non-hydrogen) atoms. The Morgan fingerprint density at radius 2 is 1.63 bits per heavy atom. The smallest absolute Gasteiger partial charge is 0.175 e. The molecule has 0 unspecified atom stereocenters. The highest BCUT2D eigenvalue weighted by atomic mass is 127. The molecule has 2 rings (SSSR count). The minimum atomic E-state index is 0.611. The third-order valence-corrected chi connectivity index (χ3v) is 3.68. The van der Waals surface area contributed by atoms with Gasteiger partial charge in [0.15, 0.2) is 5.11 Å². The number of hydrogen-bond acceptors (Lipinski definition) is 1. The van der Waals surface area contributed by atoms with Crippen molar-refractivity contribution in [2.75, 3.05) is 10.6 Å². The third-order valence-electron chi connectivity index (χ3n) is 2.80. The van der Waals surface area contributed by atoms with E-state index >= 15 is 0 Å². The van der Waals surface area contributed by atoms with Crippen LogP contribution in [0.2, 0.25) is 0 Å². The van der Waals surface area contributed by atoms with Crippen LogP contribution in [-0.2, 0) is 0 Å². The van der Waals surface area contributed by atoms with Crippen molar-refractivity contribution in [1.29, 1.82) is 0 Å². The van der Waals surface area contributed by atoms with Crippen molar-refractivity contribution in [3.05, 3.63) is 57.2 Å². The second kappa shape index (κ2) is 6.34. The van der Waals surface area contributed by atoms with E-state index in [4.69, 9.17) is 12.2 Å². The lowest BCUT2D eigenvalue weighted by molar-refractivity contribution is 1.37. The first-order valence-electron chi connectivity index (χ1n) is 5.96. The molecule has 0 amide bonds. The summed E-state index contributed by atoms with van der Waals surface area (Å²) in [6.45, 7) is 4.15. The van der Waals surface area contributed by atoms with Crippen molar-refractivity contribution < 1.29 is 0 Å². The van der Waals surface area contributed by atoms with Gasteiger partial charge in [0.1, 0.15) is 0 Å². The van der Waals surface area contributed by atoms with Gasteiger partial charge in [0.2, 0.25) is 0 Å². The van der Waals surface area contributed by atoms with Crippen molar-refractivity contribution in [3.63, 3.8) is 0 Å². The maximum atomic E-state index is 5.36. The van der Waals surface area contributed by atoms with Crippen molar-refractivity contribution in [1.82, 2.24) is 0 Å². The van der Waals surface area contributed by atoms with Crippen LogP contribution in [0.3, 0.4) is 0 Å². The molecule has 0 saturated carbocycles. The summed E-state index contributed by atoms with van der Waals surface area (Å²) in [6.07, 6.45) is 0. The van der Waals surface area contributed by atoms with Gasteiger partial charge < -0.3 is 10.6 Å². The largest absolute Gasteiger partial charge is 0.332 e. The molecule has 0 aliphatic rings. The second-order valence-electron chi connectivity index (χ2n) is 4.36. The predicted molar refractivity (Wildman–Crippen MR) is 94.9 cm³/mol. The van der Waals surface area contributed by atoms with E-state index in [2.05, 4.69) is 65.3 Å². The van der Waals surface area contributed by atoms with Crippen LogP contribution in [0.4, 0.5) is 11.4 Å². The first kappa shape index (κ1) is 14.3. The van der Waals surface area contributed by atoms with E-state index in [-0.39, 0.29) is 0 Å². The molecule has 2 aromatic carbocycles. The number of aryl methyl sites for hydroxylation is 2. The number of para-hydroxylation sites is 1. The summed E-state index contributed by atoms with van der Waals surface area (Å²) in [4.78, 5) is 0. The van der Waals surface area contributed by atoms with E-state index in [0.29, 0.717) is 5.11 Å². The van der Waals surface area contributed by atoms with Gasteiger partial charge in [-0.3, -0.25) is 0 Å². The Bertz CT molecular complexity index is 591. The van der Waals surface area contributed by atoms with Crippen LogP contribution in [0.25, 0.3) is 0 Å². The van der Waals surface area contributed by atoms with Gasteiger partial charge >= 0.3 is 0 Å². The number of nitrogens with one attached hydrogen (secondary N) is 2. The lowest BCUT2D eigenvalue weighted by atomic mass is 10.1. The fourth-order valence-electron chi connectivity index (χ4n) is 1.85. The average Bonchev–Trinajstić information content (AvgIpc) is 2.34. The molecule has 2 aromatic rings. The zero-order valence-electron chi connectivity index (χ0n) is 10.8. The van der Waals surface area contributed by atoms with Crippen molar-refractivity contribution in [3.8, 4) is 0 Å². The standard InChI is InChI=1S/C15H15IN2S/c1-10-5-3-6-11(2)14(10)18-15(19)17-13-8-4-7-12(16)9-13/h3-9H,1-2H3,(H2,17,18,19).